The SMILES string of the molecule is CC(=O)CC(C)([C]=O)c1cccc2ccccc12. The van der Waals surface area contributed by atoms with Crippen LogP contribution in [0.2, 0.25) is 0 Å². The summed E-state index contributed by atoms with van der Waals surface area (Å²) in [7, 11) is 0. The Labute approximate surface area is 107 Å². The standard InChI is InChI=1S/C16H15O2/c1-12(18)10-16(2,11-17)15-9-5-7-13-6-3-4-8-14(13)15/h3-9H,10H2,1-2H3. The smallest absolute Gasteiger partial charge is 0.210 e. The van der Waals surface area contributed by atoms with Gasteiger partial charge in [0.25, 0.3) is 0 Å². The molecule has 0 aliphatic rings. The van der Waals surface area contributed by atoms with Gasteiger partial charge in [-0.25, -0.2) is 0 Å². The average molecular weight is 239 g/mol. The second-order valence-corrected chi connectivity index (χ2v) is 4.84. The molecule has 91 valence electrons. The first-order valence-corrected chi connectivity index (χ1v) is 5.94. The summed E-state index contributed by atoms with van der Waals surface area (Å²) in [5, 5.41) is 2.08. The Morgan fingerprint density at radius 3 is 2.50 bits per heavy atom. The Bertz CT molecular complexity index is 596. The summed E-state index contributed by atoms with van der Waals surface area (Å²) in [6.07, 6.45) is 2.23. The molecule has 2 heteroatoms. The minimum Gasteiger partial charge on any atom is -0.300 e. The minimum absolute atomic E-state index is 0.00576. The van der Waals surface area contributed by atoms with E-state index in [-0.39, 0.29) is 12.2 Å². The van der Waals surface area contributed by atoms with Gasteiger partial charge in [0.05, 0.1) is 5.41 Å². The van der Waals surface area contributed by atoms with Crippen LogP contribution in [0.3, 0.4) is 0 Å². The number of Topliss-reactive ketones (excluding diaryl/α,β-unsaturated/α-hetero) is 1. The zero-order valence-electron chi connectivity index (χ0n) is 10.6. The van der Waals surface area contributed by atoms with E-state index in [2.05, 4.69) is 0 Å². The summed E-state index contributed by atoms with van der Waals surface area (Å²) in [5.74, 6) is -0.00576. The maximum absolute atomic E-state index is 11.3. The van der Waals surface area contributed by atoms with Crippen LogP contribution < -0.4 is 0 Å². The molecule has 2 aromatic rings. The second kappa shape index (κ2) is 4.73. The van der Waals surface area contributed by atoms with Gasteiger partial charge in [-0.2, -0.15) is 0 Å². The number of carbonyl (C=O) groups is 1. The molecule has 0 heterocycles. The van der Waals surface area contributed by atoms with Gasteiger partial charge in [0.1, 0.15) is 5.78 Å². The molecule has 2 rings (SSSR count). The first kappa shape index (κ1) is 12.5. The van der Waals surface area contributed by atoms with Gasteiger partial charge in [0.2, 0.25) is 6.29 Å². The van der Waals surface area contributed by atoms with Gasteiger partial charge < -0.3 is 0 Å². The number of ketones is 1. The normalized spacial score (nSPS) is 14.1. The van der Waals surface area contributed by atoms with E-state index < -0.39 is 5.41 Å². The largest absolute Gasteiger partial charge is 0.300 e. The molecule has 1 unspecified atom stereocenters. The summed E-state index contributed by atoms with van der Waals surface area (Å²) in [6.45, 7) is 3.27. The molecule has 0 amide bonds. The minimum atomic E-state index is -0.868. The number of carbonyl (C=O) groups excluding carboxylic acids is 2. The number of fused-ring (bicyclic) bond motifs is 1. The van der Waals surface area contributed by atoms with Gasteiger partial charge >= 0.3 is 0 Å². The van der Waals surface area contributed by atoms with Crippen molar-refractivity contribution in [3.63, 3.8) is 0 Å². The third kappa shape index (κ3) is 2.19. The Balaban J connectivity index is 2.65. The third-order valence-electron chi connectivity index (χ3n) is 3.21. The lowest BCUT2D eigenvalue weighted by atomic mass is 9.77. The van der Waals surface area contributed by atoms with E-state index in [1.54, 1.807) is 6.92 Å². The van der Waals surface area contributed by atoms with Crippen LogP contribution in [0.1, 0.15) is 25.8 Å². The highest BCUT2D eigenvalue weighted by Gasteiger charge is 2.30. The quantitative estimate of drug-likeness (QED) is 0.821. The topological polar surface area (TPSA) is 34.1 Å². The first-order chi connectivity index (χ1) is 8.57. The van der Waals surface area contributed by atoms with Crippen molar-refractivity contribution >= 4 is 22.8 Å². The van der Waals surface area contributed by atoms with Gasteiger partial charge in [0, 0.05) is 6.42 Å². The molecule has 0 saturated heterocycles. The van der Waals surface area contributed by atoms with E-state index in [1.807, 2.05) is 48.8 Å². The lowest BCUT2D eigenvalue weighted by Crippen LogP contribution is -2.26. The van der Waals surface area contributed by atoms with Crippen molar-refractivity contribution in [2.75, 3.05) is 0 Å². The number of hydrogen-bond acceptors (Lipinski definition) is 2. The second-order valence-electron chi connectivity index (χ2n) is 4.84. The van der Waals surface area contributed by atoms with Crippen LogP contribution in [-0.2, 0) is 15.0 Å². The van der Waals surface area contributed by atoms with Crippen LogP contribution in [0.4, 0.5) is 0 Å². The van der Waals surface area contributed by atoms with Crippen LogP contribution in [0.25, 0.3) is 10.8 Å². The molecule has 18 heavy (non-hydrogen) atoms. The van der Waals surface area contributed by atoms with Gasteiger partial charge in [-0.3, -0.25) is 9.59 Å². The summed E-state index contributed by atoms with van der Waals surface area (Å²) in [6, 6.07) is 13.7. The highest BCUT2D eigenvalue weighted by Crippen LogP contribution is 2.31. The number of benzene rings is 2. The monoisotopic (exact) mass is 239 g/mol. The zero-order valence-corrected chi connectivity index (χ0v) is 10.6. The average Bonchev–Trinajstić information content (AvgIpc) is 2.37. The van der Waals surface area contributed by atoms with Crippen molar-refractivity contribution in [2.45, 2.75) is 25.7 Å². The fraction of sp³-hybridized carbons (Fsp3) is 0.250. The summed E-state index contributed by atoms with van der Waals surface area (Å²) < 4.78 is 0. The van der Waals surface area contributed by atoms with Crippen LogP contribution >= 0.6 is 0 Å². The van der Waals surface area contributed by atoms with E-state index in [0.717, 1.165) is 16.3 Å². The van der Waals surface area contributed by atoms with Crippen LogP contribution in [0.15, 0.2) is 42.5 Å². The number of hydrogen-bond donors (Lipinski definition) is 0. The maximum atomic E-state index is 11.3. The molecule has 0 aliphatic carbocycles. The van der Waals surface area contributed by atoms with Crippen molar-refractivity contribution in [3.8, 4) is 0 Å². The molecule has 1 radical (unpaired) electrons. The van der Waals surface area contributed by atoms with E-state index in [0.29, 0.717) is 0 Å². The van der Waals surface area contributed by atoms with E-state index in [4.69, 9.17) is 0 Å². The van der Waals surface area contributed by atoms with Gasteiger partial charge in [-0.05, 0) is 30.2 Å². The molecule has 0 bridgehead atoms. The third-order valence-corrected chi connectivity index (χ3v) is 3.21. The molecule has 0 aromatic heterocycles. The molecule has 0 saturated carbocycles. The first-order valence-electron chi connectivity index (χ1n) is 5.94. The predicted molar refractivity (Wildman–Crippen MR) is 72.3 cm³/mol. The fourth-order valence-corrected chi connectivity index (χ4v) is 2.39. The van der Waals surface area contributed by atoms with Crippen LogP contribution in [-0.4, -0.2) is 12.1 Å². The van der Waals surface area contributed by atoms with Crippen molar-refractivity contribution in [2.24, 2.45) is 0 Å². The van der Waals surface area contributed by atoms with Crippen LogP contribution in [0, 0.1) is 0 Å². The highest BCUT2D eigenvalue weighted by atomic mass is 16.1. The van der Waals surface area contributed by atoms with Gasteiger partial charge in [-0.15, -0.1) is 0 Å². The Morgan fingerprint density at radius 2 is 1.83 bits per heavy atom. The number of rotatable bonds is 4. The molecule has 0 N–H and O–H groups in total. The summed E-state index contributed by atoms with van der Waals surface area (Å²) >= 11 is 0. The van der Waals surface area contributed by atoms with Gasteiger partial charge in [-0.1, -0.05) is 42.5 Å². The molecule has 1 atom stereocenters. The Morgan fingerprint density at radius 1 is 1.17 bits per heavy atom. The van der Waals surface area contributed by atoms with Crippen molar-refractivity contribution in [1.29, 1.82) is 0 Å². The molecule has 2 aromatic carbocycles. The van der Waals surface area contributed by atoms with E-state index in [9.17, 15) is 9.59 Å². The molecule has 0 fully saturated rings. The molecule has 0 aliphatic heterocycles. The van der Waals surface area contributed by atoms with Crippen LogP contribution in [0.5, 0.6) is 0 Å². The maximum Gasteiger partial charge on any atom is 0.210 e. The zero-order chi connectivity index (χ0) is 13.2. The summed E-state index contributed by atoms with van der Waals surface area (Å²) in [4.78, 5) is 22.7. The van der Waals surface area contributed by atoms with Gasteiger partial charge in [0.15, 0.2) is 0 Å². The molecule has 2 nitrogen and oxygen atoms in total. The predicted octanol–water partition coefficient (Wildman–Crippen LogP) is 3.19. The van der Waals surface area contributed by atoms with E-state index in [1.165, 1.54) is 6.92 Å². The lowest BCUT2D eigenvalue weighted by molar-refractivity contribution is -0.117. The van der Waals surface area contributed by atoms with Crippen molar-refractivity contribution < 1.29 is 9.59 Å². The molecular weight excluding hydrogens is 224 g/mol. The Kier molecular flexibility index (Phi) is 3.28. The molecule has 0 spiro atoms. The van der Waals surface area contributed by atoms with Crippen molar-refractivity contribution in [1.82, 2.24) is 0 Å². The summed E-state index contributed by atoms with van der Waals surface area (Å²) in [5.41, 5.74) is -0.00187. The fourth-order valence-electron chi connectivity index (χ4n) is 2.39. The van der Waals surface area contributed by atoms with Crippen molar-refractivity contribution in [3.05, 3.63) is 48.0 Å². The Hall–Kier alpha value is -1.96. The highest BCUT2D eigenvalue weighted by molar-refractivity contribution is 5.92. The molecular formula is C16H15O2. The lowest BCUT2D eigenvalue weighted by Gasteiger charge is -2.23. The van der Waals surface area contributed by atoms with E-state index >= 15 is 0 Å².